The second-order valence-electron chi connectivity index (χ2n) is 3.27. The van der Waals surface area contributed by atoms with Gasteiger partial charge in [-0.05, 0) is 12.5 Å². The van der Waals surface area contributed by atoms with Crippen molar-refractivity contribution in [3.63, 3.8) is 0 Å². The number of rotatable bonds is 7. The number of nitrogen functional groups attached to an aromatic ring is 1. The lowest BCUT2D eigenvalue weighted by Gasteiger charge is -2.07. The average molecular weight is 260 g/mol. The monoisotopic (exact) mass is 260 g/mol. The van der Waals surface area contributed by atoms with Crippen LogP contribution in [0.4, 0.5) is 5.82 Å². The van der Waals surface area contributed by atoms with E-state index in [-0.39, 0.29) is 4.90 Å². The van der Waals surface area contributed by atoms with Crippen LogP contribution in [0.5, 0.6) is 0 Å². The minimum absolute atomic E-state index is 0.123. The number of ether oxygens (including phenoxy) is 1. The van der Waals surface area contributed by atoms with E-state index < -0.39 is 10.0 Å². The zero-order valence-electron chi connectivity index (χ0n) is 9.51. The van der Waals surface area contributed by atoms with Gasteiger partial charge < -0.3 is 10.2 Å². The highest BCUT2D eigenvalue weighted by molar-refractivity contribution is 7.89. The summed E-state index contributed by atoms with van der Waals surface area (Å²) in [7, 11) is -1.95. The van der Waals surface area contributed by atoms with Crippen LogP contribution in [0.15, 0.2) is 23.2 Å². The number of nitrogens with two attached hydrogens (primary N) is 1. The third-order valence-corrected chi connectivity index (χ3v) is 3.47. The molecule has 0 amide bonds. The largest absolute Gasteiger partial charge is 0.385 e. The maximum Gasteiger partial charge on any atom is 0.240 e. The Morgan fingerprint density at radius 1 is 1.53 bits per heavy atom. The van der Waals surface area contributed by atoms with Gasteiger partial charge in [0.1, 0.15) is 5.82 Å². The minimum atomic E-state index is -3.51. The van der Waals surface area contributed by atoms with Crippen LogP contribution in [-0.2, 0) is 14.8 Å². The number of aromatic nitrogens is 1. The van der Waals surface area contributed by atoms with Crippen molar-refractivity contribution in [3.05, 3.63) is 18.3 Å². The number of pyridine rings is 1. The summed E-state index contributed by atoms with van der Waals surface area (Å²) in [5.41, 5.74) is 2.29. The molecule has 0 saturated heterocycles. The summed E-state index contributed by atoms with van der Waals surface area (Å²) in [6.45, 7) is 0.832. The molecule has 0 radical (unpaired) electrons. The molecule has 0 aliphatic carbocycles. The fourth-order valence-electron chi connectivity index (χ4n) is 1.16. The Morgan fingerprint density at radius 2 is 2.29 bits per heavy atom. The van der Waals surface area contributed by atoms with E-state index in [0.717, 1.165) is 0 Å². The van der Waals surface area contributed by atoms with Crippen molar-refractivity contribution < 1.29 is 13.2 Å². The molecule has 7 nitrogen and oxygen atoms in total. The lowest BCUT2D eigenvalue weighted by atomic mass is 10.5. The molecule has 1 rings (SSSR count). The molecule has 17 heavy (non-hydrogen) atoms. The molecular weight excluding hydrogens is 244 g/mol. The first-order chi connectivity index (χ1) is 8.10. The van der Waals surface area contributed by atoms with E-state index in [2.05, 4.69) is 15.1 Å². The normalized spacial score (nSPS) is 11.4. The molecular formula is C9H16N4O3S. The molecule has 1 aromatic heterocycles. The van der Waals surface area contributed by atoms with Crippen LogP contribution >= 0.6 is 0 Å². The first-order valence-corrected chi connectivity index (χ1v) is 6.50. The number of hydrogen-bond donors (Lipinski definition) is 3. The van der Waals surface area contributed by atoms with E-state index in [0.29, 0.717) is 25.4 Å². The molecule has 0 fully saturated rings. The maximum absolute atomic E-state index is 11.8. The van der Waals surface area contributed by atoms with Crippen LogP contribution in [0.1, 0.15) is 6.42 Å². The second kappa shape index (κ2) is 6.50. The standard InChI is InChI=1S/C9H16N4O3S/c1-16-6-2-4-12-17(14,15)8-3-5-11-9(7-8)13-10/h3,5,7,12H,2,4,6,10H2,1H3,(H,11,13). The highest BCUT2D eigenvalue weighted by Crippen LogP contribution is 2.11. The van der Waals surface area contributed by atoms with Crippen LogP contribution in [0.2, 0.25) is 0 Å². The molecule has 0 aliphatic heterocycles. The number of sulfonamides is 1. The summed E-state index contributed by atoms with van der Waals surface area (Å²) < 4.78 is 30.9. The van der Waals surface area contributed by atoms with Crippen LogP contribution < -0.4 is 16.0 Å². The Balaban J connectivity index is 2.68. The molecule has 0 spiro atoms. The van der Waals surface area contributed by atoms with Crippen molar-refractivity contribution in [3.8, 4) is 0 Å². The van der Waals surface area contributed by atoms with E-state index in [1.165, 1.54) is 18.3 Å². The molecule has 0 bridgehead atoms. The number of anilines is 1. The van der Waals surface area contributed by atoms with Crippen molar-refractivity contribution in [1.29, 1.82) is 0 Å². The number of hydrazine groups is 1. The van der Waals surface area contributed by atoms with Gasteiger partial charge in [0.2, 0.25) is 10.0 Å². The Labute approximate surface area is 100 Å². The van der Waals surface area contributed by atoms with Gasteiger partial charge in [-0.15, -0.1) is 0 Å². The highest BCUT2D eigenvalue weighted by Gasteiger charge is 2.13. The highest BCUT2D eigenvalue weighted by atomic mass is 32.2. The van der Waals surface area contributed by atoms with Crippen LogP contribution in [0, 0.1) is 0 Å². The fraction of sp³-hybridized carbons (Fsp3) is 0.444. The molecule has 96 valence electrons. The molecule has 0 unspecified atom stereocenters. The van der Waals surface area contributed by atoms with E-state index in [1.54, 1.807) is 7.11 Å². The molecule has 0 aliphatic rings. The zero-order valence-corrected chi connectivity index (χ0v) is 10.3. The zero-order chi connectivity index (χ0) is 12.7. The molecule has 0 saturated carbocycles. The van der Waals surface area contributed by atoms with Gasteiger partial charge in [-0.1, -0.05) is 0 Å². The van der Waals surface area contributed by atoms with Crippen LogP contribution in [0.25, 0.3) is 0 Å². The molecule has 4 N–H and O–H groups in total. The first-order valence-electron chi connectivity index (χ1n) is 5.01. The van der Waals surface area contributed by atoms with Gasteiger partial charge in [-0.25, -0.2) is 24.0 Å². The van der Waals surface area contributed by atoms with Gasteiger partial charge in [-0.2, -0.15) is 0 Å². The van der Waals surface area contributed by atoms with Gasteiger partial charge in [0.15, 0.2) is 0 Å². The number of methoxy groups -OCH3 is 1. The Morgan fingerprint density at radius 3 is 2.94 bits per heavy atom. The van der Waals surface area contributed by atoms with E-state index in [1.807, 2.05) is 0 Å². The lowest BCUT2D eigenvalue weighted by molar-refractivity contribution is 0.196. The average Bonchev–Trinajstić information content (AvgIpc) is 2.35. The quantitative estimate of drug-likeness (QED) is 0.352. The molecule has 1 heterocycles. The lowest BCUT2D eigenvalue weighted by Crippen LogP contribution is -2.25. The molecule has 0 aromatic carbocycles. The smallest absolute Gasteiger partial charge is 0.240 e. The van der Waals surface area contributed by atoms with Crippen LogP contribution in [0.3, 0.4) is 0 Å². The van der Waals surface area contributed by atoms with Gasteiger partial charge in [0.05, 0.1) is 4.90 Å². The van der Waals surface area contributed by atoms with Crippen molar-refractivity contribution in [2.75, 3.05) is 25.7 Å². The molecule has 8 heteroatoms. The number of hydrogen-bond acceptors (Lipinski definition) is 6. The van der Waals surface area contributed by atoms with Crippen molar-refractivity contribution >= 4 is 15.8 Å². The summed E-state index contributed by atoms with van der Waals surface area (Å²) in [6, 6.07) is 2.76. The molecule has 1 aromatic rings. The Bertz CT molecular complexity index is 449. The third kappa shape index (κ3) is 4.27. The van der Waals surface area contributed by atoms with E-state index in [4.69, 9.17) is 10.6 Å². The fourth-order valence-corrected chi connectivity index (χ4v) is 2.25. The SMILES string of the molecule is COCCCNS(=O)(=O)c1ccnc(NN)c1. The third-order valence-electron chi connectivity index (χ3n) is 2.01. The summed E-state index contributed by atoms with van der Waals surface area (Å²) in [5.74, 6) is 5.45. The van der Waals surface area contributed by atoms with E-state index >= 15 is 0 Å². The van der Waals surface area contributed by atoms with Gasteiger partial charge in [0.25, 0.3) is 0 Å². The number of nitrogens with zero attached hydrogens (tertiary/aromatic N) is 1. The summed E-state index contributed by atoms with van der Waals surface area (Å²) in [5, 5.41) is 0. The predicted octanol–water partition coefficient (Wildman–Crippen LogP) is -0.318. The van der Waals surface area contributed by atoms with Crippen molar-refractivity contribution in [2.24, 2.45) is 5.84 Å². The van der Waals surface area contributed by atoms with Crippen molar-refractivity contribution in [1.82, 2.24) is 9.71 Å². The van der Waals surface area contributed by atoms with Crippen molar-refractivity contribution in [2.45, 2.75) is 11.3 Å². The topological polar surface area (TPSA) is 106 Å². The second-order valence-corrected chi connectivity index (χ2v) is 5.03. The van der Waals surface area contributed by atoms with E-state index in [9.17, 15) is 8.42 Å². The first kappa shape index (κ1) is 13.8. The Hall–Kier alpha value is -1.22. The number of nitrogens with one attached hydrogen (secondary N) is 2. The summed E-state index contributed by atoms with van der Waals surface area (Å²) in [4.78, 5) is 3.96. The van der Waals surface area contributed by atoms with Crippen LogP contribution in [-0.4, -0.2) is 33.7 Å². The minimum Gasteiger partial charge on any atom is -0.385 e. The van der Waals surface area contributed by atoms with Gasteiger partial charge >= 0.3 is 0 Å². The summed E-state index contributed by atoms with van der Waals surface area (Å²) >= 11 is 0. The molecule has 0 atom stereocenters. The Kier molecular flexibility index (Phi) is 5.29. The summed E-state index contributed by atoms with van der Waals surface area (Å²) in [6.07, 6.45) is 1.99. The van der Waals surface area contributed by atoms with Gasteiger partial charge in [-0.3, -0.25) is 0 Å². The van der Waals surface area contributed by atoms with Gasteiger partial charge in [0, 0.05) is 32.5 Å². The maximum atomic E-state index is 11.8. The predicted molar refractivity (Wildman–Crippen MR) is 63.7 cm³/mol.